The average molecular weight is 426 g/mol. The fourth-order valence-corrected chi connectivity index (χ4v) is 3.28. The molecule has 2 rings (SSSR count). The molecule has 2 aromatic carbocycles. The first-order valence-electron chi connectivity index (χ1n) is 7.12. The maximum atomic E-state index is 12.4. The molecule has 0 aliphatic heterocycles. The maximum Gasteiger partial charge on any atom is 0.255 e. The zero-order valence-electron chi connectivity index (χ0n) is 13.3. The van der Waals surface area contributed by atoms with Gasteiger partial charge in [-0.15, -0.1) is 0 Å². The number of hydrogen-bond donors (Lipinski definition) is 2. The van der Waals surface area contributed by atoms with E-state index in [1.165, 1.54) is 37.5 Å². The van der Waals surface area contributed by atoms with Crippen LogP contribution >= 0.6 is 15.9 Å². The number of nitrogens with zero attached hydrogens (tertiary/aromatic N) is 2. The molecule has 132 valence electrons. The number of carbonyl (C=O) groups is 1. The average Bonchev–Trinajstić information content (AvgIpc) is 2.55. The van der Waals surface area contributed by atoms with Gasteiger partial charge < -0.3 is 5.11 Å². The number of sulfonamides is 1. The van der Waals surface area contributed by atoms with Crippen LogP contribution in [0.25, 0.3) is 0 Å². The van der Waals surface area contributed by atoms with E-state index in [0.29, 0.717) is 5.56 Å². The molecule has 2 aromatic rings. The predicted molar refractivity (Wildman–Crippen MR) is 97.8 cm³/mol. The quantitative estimate of drug-likeness (QED) is 0.545. The summed E-state index contributed by atoms with van der Waals surface area (Å²) in [4.78, 5) is 11.9. The molecular formula is C16H16BrN3O4S. The van der Waals surface area contributed by atoms with Crippen molar-refractivity contribution in [3.63, 3.8) is 0 Å². The molecule has 7 nitrogen and oxygen atoms in total. The normalized spacial score (nSPS) is 11.8. The summed E-state index contributed by atoms with van der Waals surface area (Å²) in [5, 5.41) is 13.1. The molecule has 0 radical (unpaired) electrons. The van der Waals surface area contributed by atoms with Gasteiger partial charge in [0, 0.05) is 11.5 Å². The van der Waals surface area contributed by atoms with E-state index in [1.54, 1.807) is 24.3 Å². The number of benzene rings is 2. The Morgan fingerprint density at radius 3 is 2.60 bits per heavy atom. The summed E-state index contributed by atoms with van der Waals surface area (Å²) in [6.07, 6.45) is 1.35. The molecular weight excluding hydrogens is 410 g/mol. The molecule has 2 N–H and O–H groups in total. The van der Waals surface area contributed by atoms with Gasteiger partial charge in [-0.1, -0.05) is 28.1 Å². The van der Waals surface area contributed by atoms with Crippen LogP contribution < -0.4 is 5.43 Å². The number of phenols is 1. The molecule has 25 heavy (non-hydrogen) atoms. The van der Waals surface area contributed by atoms with Gasteiger partial charge in [0.05, 0.1) is 17.7 Å². The van der Waals surface area contributed by atoms with Crippen molar-refractivity contribution in [1.29, 1.82) is 0 Å². The summed E-state index contributed by atoms with van der Waals surface area (Å²) in [7, 11) is -2.45. The fraction of sp³-hybridized carbons (Fsp3) is 0.125. The lowest BCUT2D eigenvalue weighted by molar-refractivity contribution is -0.121. The summed E-state index contributed by atoms with van der Waals surface area (Å²) in [6.45, 7) is -0.379. The first-order valence-corrected chi connectivity index (χ1v) is 9.35. The highest BCUT2D eigenvalue weighted by Gasteiger charge is 2.22. The molecule has 0 spiro atoms. The van der Waals surface area contributed by atoms with Crippen LogP contribution in [-0.2, 0) is 14.8 Å². The van der Waals surface area contributed by atoms with Crippen molar-refractivity contribution in [2.45, 2.75) is 4.90 Å². The molecule has 0 fully saturated rings. The Hall–Kier alpha value is -2.23. The van der Waals surface area contributed by atoms with E-state index in [2.05, 4.69) is 26.5 Å². The lowest BCUT2D eigenvalue weighted by atomic mass is 10.2. The third-order valence-electron chi connectivity index (χ3n) is 3.16. The summed E-state index contributed by atoms with van der Waals surface area (Å²) in [5.41, 5.74) is 2.84. The van der Waals surface area contributed by atoms with Crippen molar-refractivity contribution in [3.8, 4) is 5.75 Å². The monoisotopic (exact) mass is 425 g/mol. The lowest BCUT2D eigenvalue weighted by Gasteiger charge is -2.16. The Morgan fingerprint density at radius 2 is 1.96 bits per heavy atom. The Morgan fingerprint density at radius 1 is 1.28 bits per heavy atom. The highest BCUT2D eigenvalue weighted by atomic mass is 79.9. The zero-order valence-corrected chi connectivity index (χ0v) is 15.7. The highest BCUT2D eigenvalue weighted by molar-refractivity contribution is 9.10. The van der Waals surface area contributed by atoms with Crippen LogP contribution in [0, 0.1) is 0 Å². The van der Waals surface area contributed by atoms with Crippen molar-refractivity contribution in [2.24, 2.45) is 5.10 Å². The Labute approximate surface area is 154 Å². The van der Waals surface area contributed by atoms with Gasteiger partial charge >= 0.3 is 0 Å². The molecule has 0 bridgehead atoms. The molecule has 0 aliphatic rings. The number of rotatable bonds is 6. The van der Waals surface area contributed by atoms with Crippen LogP contribution in [0.1, 0.15) is 5.56 Å². The van der Waals surface area contributed by atoms with Crippen LogP contribution in [0.4, 0.5) is 0 Å². The maximum absolute atomic E-state index is 12.4. The molecule has 0 heterocycles. The Kier molecular flexibility index (Phi) is 6.29. The molecule has 0 unspecified atom stereocenters. The summed E-state index contributed by atoms with van der Waals surface area (Å²) >= 11 is 3.24. The van der Waals surface area contributed by atoms with Crippen LogP contribution in [-0.4, -0.2) is 43.5 Å². The van der Waals surface area contributed by atoms with Crippen LogP contribution in [0.2, 0.25) is 0 Å². The second-order valence-corrected chi connectivity index (χ2v) is 8.06. The lowest BCUT2D eigenvalue weighted by Crippen LogP contribution is -2.36. The van der Waals surface area contributed by atoms with Gasteiger partial charge in [0.25, 0.3) is 5.91 Å². The number of hydrogen-bond acceptors (Lipinski definition) is 5. The molecule has 9 heteroatoms. The smallest absolute Gasteiger partial charge is 0.255 e. The fourth-order valence-electron chi connectivity index (χ4n) is 1.89. The number of likely N-dealkylation sites (N-methyl/N-ethyl adjacent to an activating group) is 1. The first-order chi connectivity index (χ1) is 11.8. The standard InChI is InChI=1S/C16H16BrN3O4S/c1-20(25(23,24)15-7-5-13(17)6-8-15)11-16(22)19-18-10-12-3-2-4-14(21)9-12/h2-10,21H,11H2,1H3,(H,19,22)/b18-10-. The van der Waals surface area contributed by atoms with E-state index in [-0.39, 0.29) is 17.2 Å². The van der Waals surface area contributed by atoms with Gasteiger partial charge in [0.2, 0.25) is 10.0 Å². The van der Waals surface area contributed by atoms with Gasteiger partial charge in [-0.2, -0.15) is 9.41 Å². The molecule has 0 aromatic heterocycles. The minimum Gasteiger partial charge on any atom is -0.508 e. The third-order valence-corrected chi connectivity index (χ3v) is 5.51. The van der Waals surface area contributed by atoms with E-state index in [4.69, 9.17) is 0 Å². The van der Waals surface area contributed by atoms with E-state index in [9.17, 15) is 18.3 Å². The minimum atomic E-state index is -3.77. The number of hydrazone groups is 1. The van der Waals surface area contributed by atoms with Crippen molar-refractivity contribution in [1.82, 2.24) is 9.73 Å². The summed E-state index contributed by atoms with van der Waals surface area (Å²) < 4.78 is 26.4. The number of halogens is 1. The van der Waals surface area contributed by atoms with E-state index in [0.717, 1.165) is 8.78 Å². The number of nitrogens with one attached hydrogen (secondary N) is 1. The highest BCUT2D eigenvalue weighted by Crippen LogP contribution is 2.17. The molecule has 1 amide bonds. The van der Waals surface area contributed by atoms with Gasteiger partial charge in [-0.05, 0) is 42.0 Å². The van der Waals surface area contributed by atoms with E-state index >= 15 is 0 Å². The Bertz CT molecular complexity index is 883. The van der Waals surface area contributed by atoms with Crippen molar-refractivity contribution in [3.05, 3.63) is 58.6 Å². The Balaban J connectivity index is 1.96. The summed E-state index contributed by atoms with van der Waals surface area (Å²) in [5.74, 6) is -0.504. The number of aromatic hydroxyl groups is 1. The van der Waals surface area contributed by atoms with Crippen molar-refractivity contribution < 1.29 is 18.3 Å². The number of carbonyl (C=O) groups excluding carboxylic acids is 1. The first kappa shape index (κ1) is 19.1. The molecule has 0 aliphatic carbocycles. The zero-order chi connectivity index (χ0) is 18.4. The van der Waals surface area contributed by atoms with Gasteiger partial charge in [0.15, 0.2) is 0 Å². The second-order valence-electron chi connectivity index (χ2n) is 5.10. The topological polar surface area (TPSA) is 99.1 Å². The third kappa shape index (κ3) is 5.38. The molecule has 0 saturated carbocycles. The van der Waals surface area contributed by atoms with E-state index < -0.39 is 15.9 Å². The second kappa shape index (κ2) is 8.24. The number of phenolic OH excluding ortho intramolecular Hbond substituents is 1. The largest absolute Gasteiger partial charge is 0.508 e. The van der Waals surface area contributed by atoms with Crippen LogP contribution in [0.5, 0.6) is 5.75 Å². The van der Waals surface area contributed by atoms with Gasteiger partial charge in [-0.25, -0.2) is 13.8 Å². The van der Waals surface area contributed by atoms with Gasteiger partial charge in [0.1, 0.15) is 5.75 Å². The van der Waals surface area contributed by atoms with E-state index in [1.807, 2.05) is 0 Å². The van der Waals surface area contributed by atoms with Crippen LogP contribution in [0.3, 0.4) is 0 Å². The van der Waals surface area contributed by atoms with Crippen LogP contribution in [0.15, 0.2) is 63.0 Å². The summed E-state index contributed by atoms with van der Waals surface area (Å²) in [6, 6.07) is 12.4. The molecule has 0 atom stereocenters. The van der Waals surface area contributed by atoms with Gasteiger partial charge in [-0.3, -0.25) is 4.79 Å². The SMILES string of the molecule is CN(CC(=O)N/N=C\c1cccc(O)c1)S(=O)(=O)c1ccc(Br)cc1. The number of amides is 1. The van der Waals surface area contributed by atoms with Crippen molar-refractivity contribution >= 4 is 38.1 Å². The minimum absolute atomic E-state index is 0.0793. The molecule has 0 saturated heterocycles. The van der Waals surface area contributed by atoms with Crippen molar-refractivity contribution in [2.75, 3.05) is 13.6 Å². The predicted octanol–water partition coefficient (Wildman–Crippen LogP) is 1.93.